The second-order valence-electron chi connectivity index (χ2n) is 4.92. The number of carboxylic acids is 1. The minimum absolute atomic E-state index is 0.177. The lowest BCUT2D eigenvalue weighted by molar-refractivity contribution is -0.141. The van der Waals surface area contributed by atoms with Gasteiger partial charge >= 0.3 is 5.97 Å². The summed E-state index contributed by atoms with van der Waals surface area (Å²) in [6.07, 6.45) is 0.450. The standard InChI is InChI=1S/C17H16INO3/c18-14-9-5-4-8-13(14)11-15(17(21)22)19-16(20)10-12-6-2-1-3-7-12/h1-9,15H,10-11H2,(H,19,20)(H,21,22)/t15-/m0/s1. The Bertz CT molecular complexity index is 658. The van der Waals surface area contributed by atoms with Crippen LogP contribution in [-0.4, -0.2) is 23.0 Å². The van der Waals surface area contributed by atoms with Gasteiger partial charge in [-0.2, -0.15) is 0 Å². The normalized spacial score (nSPS) is 11.7. The maximum Gasteiger partial charge on any atom is 0.326 e. The first kappa shape index (κ1) is 16.5. The molecule has 2 aromatic carbocycles. The molecule has 0 unspecified atom stereocenters. The van der Waals surface area contributed by atoms with Gasteiger partial charge in [-0.3, -0.25) is 4.79 Å². The Morgan fingerprint density at radius 1 is 1.05 bits per heavy atom. The zero-order valence-electron chi connectivity index (χ0n) is 11.8. The van der Waals surface area contributed by atoms with E-state index in [1.165, 1.54) is 0 Å². The summed E-state index contributed by atoms with van der Waals surface area (Å²) in [4.78, 5) is 23.4. The number of rotatable bonds is 6. The highest BCUT2D eigenvalue weighted by molar-refractivity contribution is 14.1. The van der Waals surface area contributed by atoms with E-state index in [1.807, 2.05) is 54.6 Å². The summed E-state index contributed by atoms with van der Waals surface area (Å²) >= 11 is 2.16. The molecule has 0 radical (unpaired) electrons. The first-order chi connectivity index (χ1) is 10.6. The number of amides is 1. The van der Waals surface area contributed by atoms with Crippen LogP contribution in [0.25, 0.3) is 0 Å². The van der Waals surface area contributed by atoms with Crippen molar-refractivity contribution in [1.29, 1.82) is 0 Å². The topological polar surface area (TPSA) is 66.4 Å². The molecule has 0 saturated heterocycles. The Kier molecular flexibility index (Phi) is 5.94. The van der Waals surface area contributed by atoms with Crippen molar-refractivity contribution in [3.8, 4) is 0 Å². The molecule has 4 nitrogen and oxygen atoms in total. The second kappa shape index (κ2) is 7.93. The van der Waals surface area contributed by atoms with E-state index < -0.39 is 12.0 Å². The van der Waals surface area contributed by atoms with Crippen molar-refractivity contribution < 1.29 is 14.7 Å². The van der Waals surface area contributed by atoms with Crippen molar-refractivity contribution in [3.05, 3.63) is 69.3 Å². The van der Waals surface area contributed by atoms with Gasteiger partial charge in [-0.25, -0.2) is 4.79 Å². The number of halogens is 1. The largest absolute Gasteiger partial charge is 0.480 e. The van der Waals surface area contributed by atoms with E-state index in [0.717, 1.165) is 14.7 Å². The number of aliphatic carboxylic acids is 1. The smallest absolute Gasteiger partial charge is 0.326 e. The van der Waals surface area contributed by atoms with Crippen LogP contribution in [0.5, 0.6) is 0 Å². The molecule has 0 aliphatic carbocycles. The minimum atomic E-state index is -1.03. The molecular formula is C17H16INO3. The molecule has 2 rings (SSSR count). The predicted molar refractivity (Wildman–Crippen MR) is 92.6 cm³/mol. The van der Waals surface area contributed by atoms with Gasteiger partial charge in [0.2, 0.25) is 5.91 Å². The van der Waals surface area contributed by atoms with Crippen LogP contribution in [-0.2, 0) is 22.4 Å². The molecule has 0 fully saturated rings. The number of hydrogen-bond acceptors (Lipinski definition) is 2. The number of benzene rings is 2. The molecule has 0 aliphatic heterocycles. The molecule has 2 aromatic rings. The van der Waals surface area contributed by atoms with Crippen LogP contribution in [0, 0.1) is 3.57 Å². The highest BCUT2D eigenvalue weighted by Gasteiger charge is 2.21. The molecule has 2 N–H and O–H groups in total. The summed E-state index contributed by atoms with van der Waals surface area (Å²) in [6, 6.07) is 15.9. The van der Waals surface area contributed by atoms with Gasteiger partial charge in [0, 0.05) is 9.99 Å². The van der Waals surface area contributed by atoms with Gasteiger partial charge in [0.15, 0.2) is 0 Å². The van der Waals surface area contributed by atoms with E-state index in [2.05, 4.69) is 27.9 Å². The molecule has 0 aliphatic rings. The second-order valence-corrected chi connectivity index (χ2v) is 6.08. The van der Waals surface area contributed by atoms with Crippen LogP contribution in [0.3, 0.4) is 0 Å². The van der Waals surface area contributed by atoms with Crippen LogP contribution in [0.15, 0.2) is 54.6 Å². The van der Waals surface area contributed by atoms with E-state index in [-0.39, 0.29) is 18.7 Å². The van der Waals surface area contributed by atoms with Gasteiger partial charge in [-0.1, -0.05) is 48.5 Å². The molecule has 0 heterocycles. The Morgan fingerprint density at radius 3 is 2.32 bits per heavy atom. The molecule has 5 heteroatoms. The molecule has 0 saturated carbocycles. The van der Waals surface area contributed by atoms with E-state index in [1.54, 1.807) is 0 Å². The Balaban J connectivity index is 2.01. The molecule has 0 aromatic heterocycles. The third kappa shape index (κ3) is 4.84. The van der Waals surface area contributed by atoms with Gasteiger partial charge in [-0.15, -0.1) is 0 Å². The molecule has 0 spiro atoms. The molecule has 22 heavy (non-hydrogen) atoms. The fourth-order valence-corrected chi connectivity index (χ4v) is 2.72. The van der Waals surface area contributed by atoms with Gasteiger partial charge in [0.25, 0.3) is 0 Å². The lowest BCUT2D eigenvalue weighted by atomic mass is 10.1. The highest BCUT2D eigenvalue weighted by atomic mass is 127. The van der Waals surface area contributed by atoms with E-state index in [0.29, 0.717) is 0 Å². The third-order valence-corrected chi connectivity index (χ3v) is 4.28. The average Bonchev–Trinajstić information content (AvgIpc) is 2.49. The van der Waals surface area contributed by atoms with Crippen LogP contribution < -0.4 is 5.32 Å². The lowest BCUT2D eigenvalue weighted by Crippen LogP contribution is -2.43. The summed E-state index contributed by atoms with van der Waals surface area (Å²) in [5, 5.41) is 11.9. The molecule has 114 valence electrons. The molecule has 1 amide bonds. The van der Waals surface area contributed by atoms with E-state index in [9.17, 15) is 14.7 Å². The fraction of sp³-hybridized carbons (Fsp3) is 0.176. The predicted octanol–water partition coefficient (Wildman–Crippen LogP) is 2.65. The SMILES string of the molecule is O=C(Cc1ccccc1)N[C@@H](Cc1ccccc1I)C(=O)O. The van der Waals surface area contributed by atoms with Crippen LogP contribution in [0.2, 0.25) is 0 Å². The van der Waals surface area contributed by atoms with Gasteiger partial charge in [0.05, 0.1) is 6.42 Å². The number of hydrogen-bond donors (Lipinski definition) is 2. The minimum Gasteiger partial charge on any atom is -0.480 e. The summed E-state index contributed by atoms with van der Waals surface area (Å²) in [6.45, 7) is 0. The monoisotopic (exact) mass is 409 g/mol. The highest BCUT2D eigenvalue weighted by Crippen LogP contribution is 2.13. The van der Waals surface area contributed by atoms with Crippen LogP contribution >= 0.6 is 22.6 Å². The quantitative estimate of drug-likeness (QED) is 0.722. The molecule has 0 bridgehead atoms. The first-order valence-electron chi connectivity index (χ1n) is 6.86. The Hall–Kier alpha value is -1.89. The van der Waals surface area contributed by atoms with Crippen molar-refractivity contribution in [3.63, 3.8) is 0 Å². The fourth-order valence-electron chi connectivity index (χ4n) is 2.11. The molecule has 1 atom stereocenters. The van der Waals surface area contributed by atoms with Crippen molar-refractivity contribution in [2.75, 3.05) is 0 Å². The summed E-state index contributed by atoms with van der Waals surface area (Å²) < 4.78 is 0.989. The van der Waals surface area contributed by atoms with Crippen LogP contribution in [0.4, 0.5) is 0 Å². The summed E-state index contributed by atoms with van der Waals surface area (Å²) in [5.74, 6) is -1.31. The van der Waals surface area contributed by atoms with Gasteiger partial charge < -0.3 is 10.4 Å². The van der Waals surface area contributed by atoms with Gasteiger partial charge in [0.1, 0.15) is 6.04 Å². The first-order valence-corrected chi connectivity index (χ1v) is 7.93. The number of carboxylic acid groups (broad SMARTS) is 1. The van der Waals surface area contributed by atoms with Crippen molar-refractivity contribution in [2.24, 2.45) is 0 Å². The summed E-state index contributed by atoms with van der Waals surface area (Å²) in [5.41, 5.74) is 1.77. The average molecular weight is 409 g/mol. The number of nitrogens with one attached hydrogen (secondary N) is 1. The number of carbonyl (C=O) groups excluding carboxylic acids is 1. The Morgan fingerprint density at radius 2 is 1.68 bits per heavy atom. The number of carbonyl (C=O) groups is 2. The third-order valence-electron chi connectivity index (χ3n) is 3.22. The zero-order chi connectivity index (χ0) is 15.9. The van der Waals surface area contributed by atoms with E-state index >= 15 is 0 Å². The summed E-state index contributed by atoms with van der Waals surface area (Å²) in [7, 11) is 0. The maximum absolute atomic E-state index is 12.0. The Labute approximate surface area is 142 Å². The van der Waals surface area contributed by atoms with Crippen molar-refractivity contribution in [2.45, 2.75) is 18.9 Å². The molecular weight excluding hydrogens is 393 g/mol. The lowest BCUT2D eigenvalue weighted by Gasteiger charge is -2.15. The van der Waals surface area contributed by atoms with E-state index in [4.69, 9.17) is 0 Å². The zero-order valence-corrected chi connectivity index (χ0v) is 14.0. The van der Waals surface area contributed by atoms with Gasteiger partial charge in [-0.05, 0) is 39.8 Å². The van der Waals surface area contributed by atoms with Crippen LogP contribution in [0.1, 0.15) is 11.1 Å². The maximum atomic E-state index is 12.0. The van der Waals surface area contributed by atoms with Crippen molar-refractivity contribution >= 4 is 34.5 Å². The van der Waals surface area contributed by atoms with Crippen molar-refractivity contribution in [1.82, 2.24) is 5.32 Å².